The molecule has 1 unspecified atom stereocenters. The third kappa shape index (κ3) is 4.43. The van der Waals surface area contributed by atoms with Gasteiger partial charge in [0.2, 0.25) is 9.84 Å². The highest BCUT2D eigenvalue weighted by Crippen LogP contribution is 2.40. The molecule has 0 bridgehead atoms. The van der Waals surface area contributed by atoms with E-state index in [2.05, 4.69) is 10.1 Å². The smallest absolute Gasteiger partial charge is 0.407 e. The van der Waals surface area contributed by atoms with Crippen LogP contribution < -0.4 is 15.1 Å². The molecule has 1 aromatic heterocycles. The maximum absolute atomic E-state index is 16.2. The van der Waals surface area contributed by atoms with E-state index >= 15 is 8.78 Å². The van der Waals surface area contributed by atoms with Gasteiger partial charge in [-0.15, -0.1) is 4.59 Å². The van der Waals surface area contributed by atoms with Gasteiger partial charge in [-0.1, -0.05) is 12.0 Å². The van der Waals surface area contributed by atoms with Crippen LogP contribution in [0.5, 0.6) is 5.75 Å². The van der Waals surface area contributed by atoms with Crippen molar-refractivity contribution < 1.29 is 35.5 Å². The summed E-state index contributed by atoms with van der Waals surface area (Å²) in [5, 5.41) is 4.44. The second kappa shape index (κ2) is 9.99. The number of rotatable bonds is 7. The van der Waals surface area contributed by atoms with Gasteiger partial charge in [0, 0.05) is 36.2 Å². The number of carbonyl (C=O) groups excluding carboxylic acids is 1. The number of nitrogens with two attached hydrogens (primary N) is 1. The van der Waals surface area contributed by atoms with Crippen LogP contribution in [0.1, 0.15) is 25.0 Å². The summed E-state index contributed by atoms with van der Waals surface area (Å²) in [6.07, 6.45) is 3.91. The number of hydrogen-bond donors (Lipinski definition) is 1. The Morgan fingerprint density at radius 3 is 2.34 bits per heavy atom. The second-order valence-electron chi connectivity index (χ2n) is 8.14. The molecule has 8 nitrogen and oxygen atoms in total. The van der Waals surface area contributed by atoms with E-state index in [4.69, 9.17) is 10.5 Å². The molecule has 0 fully saturated rings. The van der Waals surface area contributed by atoms with Gasteiger partial charge >= 0.3 is 6.09 Å². The Bertz CT molecular complexity index is 1610. The molecule has 0 saturated carbocycles. The number of benzene rings is 2. The normalized spacial score (nSPS) is 16.9. The lowest BCUT2D eigenvalue weighted by atomic mass is 10.0. The van der Waals surface area contributed by atoms with Crippen molar-refractivity contribution in [1.29, 1.82) is 0 Å². The molecule has 0 aliphatic carbocycles. The van der Waals surface area contributed by atoms with E-state index in [0.29, 0.717) is 30.4 Å². The Balaban J connectivity index is 2.07. The molecule has 2 N–H and O–H groups in total. The zero-order chi connectivity index (χ0) is 27.8. The van der Waals surface area contributed by atoms with Crippen molar-refractivity contribution in [3.63, 3.8) is 0 Å². The van der Waals surface area contributed by atoms with E-state index in [1.165, 1.54) is 31.6 Å². The van der Waals surface area contributed by atoms with Crippen molar-refractivity contribution >= 4 is 27.3 Å². The van der Waals surface area contributed by atoms with E-state index in [1.54, 1.807) is 19.1 Å². The van der Waals surface area contributed by atoms with Crippen LogP contribution in [0.2, 0.25) is 0 Å². The molecule has 13 heteroatoms. The third-order valence-corrected chi connectivity index (χ3v) is 7.86. The number of nitrogens with zero attached hydrogens (tertiary/aromatic N) is 3. The first kappa shape index (κ1) is 26.9. The lowest BCUT2D eigenvalue weighted by Crippen LogP contribution is -2.36. The number of amides is 1. The molecular formula is C25H21F4N4O4S+. The molecule has 1 amide bonds. The molecule has 0 radical (unpaired) electrons. The van der Waals surface area contributed by atoms with Crippen LogP contribution in [0.25, 0.3) is 0 Å². The minimum atomic E-state index is -5.16. The highest BCUT2D eigenvalue weighted by Gasteiger charge is 2.40. The number of halogens is 4. The monoisotopic (exact) mass is 549 g/mol. The average Bonchev–Trinajstić information content (AvgIpc) is 3.32. The van der Waals surface area contributed by atoms with E-state index in [9.17, 15) is 22.0 Å². The first-order valence-corrected chi connectivity index (χ1v) is 12.7. The first-order chi connectivity index (χ1) is 18.0. The van der Waals surface area contributed by atoms with Crippen molar-refractivity contribution in [3.8, 4) is 5.75 Å². The zero-order valence-electron chi connectivity index (χ0n) is 20.1. The van der Waals surface area contributed by atoms with E-state index in [-0.39, 0.29) is 16.7 Å². The number of sulfone groups is 1. The van der Waals surface area contributed by atoms with Crippen LogP contribution in [-0.2, 0) is 16.3 Å². The molecule has 3 aromatic rings. The minimum Gasteiger partial charge on any atom is -0.407 e. The van der Waals surface area contributed by atoms with Crippen LogP contribution in [0.4, 0.5) is 28.0 Å². The molecule has 2 heterocycles. The van der Waals surface area contributed by atoms with Crippen LogP contribution in [0.15, 0.2) is 69.9 Å². The SMILES string of the molecule is CCc1c(OC(N)=O)c(F)c(C2=N[N+](CC)(c3ccncc3)C=C2)c(F)c1S(=O)(=O)c1cc(F)ccc1F. The summed E-state index contributed by atoms with van der Waals surface area (Å²) < 4.78 is 92.0. The van der Waals surface area contributed by atoms with Crippen LogP contribution in [0, 0.1) is 23.3 Å². The fourth-order valence-electron chi connectivity index (χ4n) is 4.21. The van der Waals surface area contributed by atoms with Gasteiger partial charge in [0.25, 0.3) is 0 Å². The van der Waals surface area contributed by atoms with Crippen molar-refractivity contribution in [3.05, 3.63) is 89.4 Å². The number of pyridine rings is 1. The van der Waals surface area contributed by atoms with Crippen molar-refractivity contribution in [2.45, 2.75) is 30.1 Å². The summed E-state index contributed by atoms with van der Waals surface area (Å²) >= 11 is 0. The highest BCUT2D eigenvalue weighted by molar-refractivity contribution is 7.91. The van der Waals surface area contributed by atoms with Gasteiger partial charge in [0.1, 0.15) is 39.9 Å². The molecule has 0 saturated heterocycles. The quantitative estimate of drug-likeness (QED) is 0.260. The Hall–Kier alpha value is -4.10. The average molecular weight is 550 g/mol. The maximum atomic E-state index is 16.2. The number of hydrogen-bond acceptors (Lipinski definition) is 6. The van der Waals surface area contributed by atoms with Gasteiger partial charge in [0.15, 0.2) is 23.1 Å². The van der Waals surface area contributed by atoms with Crippen molar-refractivity contribution in [2.75, 3.05) is 6.54 Å². The number of primary amides is 1. The Morgan fingerprint density at radius 2 is 1.74 bits per heavy atom. The molecule has 0 spiro atoms. The molecule has 1 aliphatic heterocycles. The van der Waals surface area contributed by atoms with Crippen LogP contribution >= 0.6 is 0 Å². The molecule has 1 atom stereocenters. The van der Waals surface area contributed by atoms with Crippen molar-refractivity contribution in [1.82, 2.24) is 9.58 Å². The Kier molecular flexibility index (Phi) is 7.08. The van der Waals surface area contributed by atoms with Gasteiger partial charge in [-0.2, -0.15) is 0 Å². The number of quaternary nitrogens is 1. The van der Waals surface area contributed by atoms with Crippen LogP contribution in [-0.4, -0.2) is 31.8 Å². The fourth-order valence-corrected chi connectivity index (χ4v) is 5.92. The summed E-state index contributed by atoms with van der Waals surface area (Å²) in [5.74, 6) is -6.49. The minimum absolute atomic E-state index is 0.251. The van der Waals surface area contributed by atoms with Gasteiger partial charge in [-0.25, -0.2) is 30.8 Å². The molecule has 2 aromatic carbocycles. The molecule has 198 valence electrons. The predicted molar refractivity (Wildman–Crippen MR) is 130 cm³/mol. The summed E-state index contributed by atoms with van der Waals surface area (Å²) in [5.41, 5.74) is 3.76. The Labute approximate surface area is 215 Å². The highest BCUT2D eigenvalue weighted by atomic mass is 32.2. The van der Waals surface area contributed by atoms with Crippen molar-refractivity contribution in [2.24, 2.45) is 10.8 Å². The predicted octanol–water partition coefficient (Wildman–Crippen LogP) is 4.75. The molecular weight excluding hydrogens is 528 g/mol. The second-order valence-corrected chi connectivity index (χ2v) is 10.00. The lowest BCUT2D eigenvalue weighted by Gasteiger charge is -2.23. The maximum Gasteiger partial charge on any atom is 0.410 e. The van der Waals surface area contributed by atoms with E-state index in [1.807, 2.05) is 0 Å². The summed E-state index contributed by atoms with van der Waals surface area (Å²) in [7, 11) is -5.16. The summed E-state index contributed by atoms with van der Waals surface area (Å²) in [4.78, 5) is 13.2. The number of aromatic nitrogens is 1. The number of carbonyl (C=O) groups is 1. The molecule has 1 aliphatic rings. The van der Waals surface area contributed by atoms with Crippen LogP contribution in [0.3, 0.4) is 0 Å². The molecule has 4 rings (SSSR count). The van der Waals surface area contributed by atoms with Gasteiger partial charge < -0.3 is 10.5 Å². The largest absolute Gasteiger partial charge is 0.410 e. The van der Waals surface area contributed by atoms with Gasteiger partial charge in [0.05, 0.1) is 5.56 Å². The number of allylic oxidation sites excluding steroid dienone is 1. The van der Waals surface area contributed by atoms with Gasteiger partial charge in [-0.05, 0) is 31.5 Å². The third-order valence-electron chi connectivity index (χ3n) is 6.01. The fraction of sp³-hybridized carbons (Fsp3) is 0.160. The summed E-state index contributed by atoms with van der Waals surface area (Å²) in [6.45, 7) is 3.39. The van der Waals surface area contributed by atoms with E-state index < -0.39 is 65.9 Å². The molecule has 38 heavy (non-hydrogen) atoms. The lowest BCUT2D eigenvalue weighted by molar-refractivity contribution is 0.207. The summed E-state index contributed by atoms with van der Waals surface area (Å²) in [6, 6.07) is 4.89. The van der Waals surface area contributed by atoms with Gasteiger partial charge in [-0.3, -0.25) is 4.98 Å². The first-order valence-electron chi connectivity index (χ1n) is 11.3. The standard InChI is InChI=1S/C25H20F4N4O4S/c1-3-16-23(37-25(30)34)21(28)20(18-9-12-33(4-2,32-18)15-7-10-31-11-8-15)22(29)24(16)38(35,36)19-13-14(26)5-6-17(19)27/h5-13H,3-4H2,1-2H3,(H-,30,34)/p+1. The Morgan fingerprint density at radius 1 is 1.05 bits per heavy atom. The number of ether oxygens (including phenoxy) is 1. The zero-order valence-corrected chi connectivity index (χ0v) is 20.9. The topological polar surface area (TPSA) is 112 Å². The van der Waals surface area contributed by atoms with E-state index in [0.717, 1.165) is 0 Å².